The Bertz CT molecular complexity index is 423. The van der Waals surface area contributed by atoms with Crippen molar-refractivity contribution >= 4 is 21.9 Å². The van der Waals surface area contributed by atoms with Gasteiger partial charge in [0.15, 0.2) is 6.10 Å². The van der Waals surface area contributed by atoms with Gasteiger partial charge >= 0.3 is 5.97 Å². The molecule has 0 saturated heterocycles. The van der Waals surface area contributed by atoms with Gasteiger partial charge in [-0.15, -0.1) is 0 Å². The van der Waals surface area contributed by atoms with Crippen molar-refractivity contribution < 1.29 is 19.4 Å². The average molecular weight is 289 g/mol. The molecule has 1 aromatic carbocycles. The molecule has 1 aliphatic carbocycles. The molecule has 5 heteroatoms. The number of rotatable bonds is 3. The van der Waals surface area contributed by atoms with Gasteiger partial charge < -0.3 is 10.2 Å². The van der Waals surface area contributed by atoms with E-state index < -0.39 is 23.3 Å². The minimum atomic E-state index is -1.47. The Labute approximate surface area is 100 Å². The maximum Gasteiger partial charge on any atom is 0.333 e. The van der Waals surface area contributed by atoms with E-state index in [-0.39, 0.29) is 0 Å². The molecule has 1 saturated carbocycles. The van der Waals surface area contributed by atoms with E-state index in [2.05, 4.69) is 15.9 Å². The van der Waals surface area contributed by atoms with E-state index in [1.165, 1.54) is 12.1 Å². The third-order valence-corrected chi connectivity index (χ3v) is 3.44. The van der Waals surface area contributed by atoms with E-state index in [1.807, 2.05) is 0 Å². The predicted molar refractivity (Wildman–Crippen MR) is 58.7 cm³/mol. The molecular formula is C11H10BrFO3. The van der Waals surface area contributed by atoms with Crippen LogP contribution >= 0.6 is 15.9 Å². The fraction of sp³-hybridized carbons (Fsp3) is 0.364. The summed E-state index contributed by atoms with van der Waals surface area (Å²) < 4.78 is 13.7. The first-order chi connectivity index (χ1) is 7.45. The van der Waals surface area contributed by atoms with Crippen LogP contribution in [0, 0.1) is 5.82 Å². The average Bonchev–Trinajstić information content (AvgIpc) is 2.95. The molecule has 0 spiro atoms. The summed E-state index contributed by atoms with van der Waals surface area (Å²) in [5.74, 6) is -1.70. The van der Waals surface area contributed by atoms with E-state index in [0.29, 0.717) is 22.9 Å². The number of aliphatic hydroxyl groups excluding tert-OH is 1. The number of aliphatic hydroxyl groups is 1. The molecule has 1 aromatic rings. The van der Waals surface area contributed by atoms with Crippen LogP contribution in [0.4, 0.5) is 4.39 Å². The summed E-state index contributed by atoms with van der Waals surface area (Å²) in [6.45, 7) is 0. The maximum absolute atomic E-state index is 13.2. The molecular weight excluding hydrogens is 279 g/mol. The lowest BCUT2D eigenvalue weighted by molar-refractivity contribution is -0.148. The van der Waals surface area contributed by atoms with E-state index in [4.69, 9.17) is 5.11 Å². The summed E-state index contributed by atoms with van der Waals surface area (Å²) in [5, 5.41) is 18.4. The quantitative estimate of drug-likeness (QED) is 0.895. The van der Waals surface area contributed by atoms with Crippen molar-refractivity contribution in [3.8, 4) is 0 Å². The standard InChI is InChI=1S/C11H10BrFO3/c12-7-3-6(4-8(13)5-7)11(1-2-11)9(14)10(15)16/h3-5,9,14H,1-2H2,(H,15,16). The Morgan fingerprint density at radius 3 is 2.50 bits per heavy atom. The van der Waals surface area contributed by atoms with Gasteiger partial charge in [-0.1, -0.05) is 15.9 Å². The van der Waals surface area contributed by atoms with Crippen molar-refractivity contribution in [3.05, 3.63) is 34.1 Å². The van der Waals surface area contributed by atoms with Crippen LogP contribution in [0.15, 0.2) is 22.7 Å². The highest BCUT2D eigenvalue weighted by Crippen LogP contribution is 2.51. The normalized spacial score (nSPS) is 19.2. The Hall–Kier alpha value is -0.940. The molecule has 3 nitrogen and oxygen atoms in total. The number of halogens is 2. The van der Waals surface area contributed by atoms with E-state index in [0.717, 1.165) is 0 Å². The van der Waals surface area contributed by atoms with Gasteiger partial charge in [0.2, 0.25) is 0 Å². The molecule has 2 N–H and O–H groups in total. The lowest BCUT2D eigenvalue weighted by Crippen LogP contribution is -2.33. The molecule has 0 radical (unpaired) electrons. The first-order valence-electron chi connectivity index (χ1n) is 4.83. The lowest BCUT2D eigenvalue weighted by Gasteiger charge is -2.19. The third kappa shape index (κ3) is 1.85. The molecule has 0 aromatic heterocycles. The van der Waals surface area contributed by atoms with Crippen molar-refractivity contribution in [1.29, 1.82) is 0 Å². The third-order valence-electron chi connectivity index (χ3n) is 2.98. The number of carbonyl (C=O) groups is 1. The SMILES string of the molecule is O=C(O)C(O)C1(c2cc(F)cc(Br)c2)CC1. The van der Waals surface area contributed by atoms with Gasteiger partial charge in [-0.05, 0) is 36.6 Å². The second kappa shape index (κ2) is 3.82. The van der Waals surface area contributed by atoms with Gasteiger partial charge in [0.05, 0.1) is 0 Å². The van der Waals surface area contributed by atoms with Gasteiger partial charge in [0, 0.05) is 9.89 Å². The highest BCUT2D eigenvalue weighted by atomic mass is 79.9. The molecule has 86 valence electrons. The number of carboxylic acid groups (broad SMARTS) is 1. The van der Waals surface area contributed by atoms with Gasteiger partial charge in [0.25, 0.3) is 0 Å². The van der Waals surface area contributed by atoms with Crippen LogP contribution in [-0.2, 0) is 10.2 Å². The fourth-order valence-electron chi connectivity index (χ4n) is 1.93. The van der Waals surface area contributed by atoms with Crippen LogP contribution in [-0.4, -0.2) is 22.3 Å². The molecule has 1 atom stereocenters. The number of hydrogen-bond acceptors (Lipinski definition) is 2. The Morgan fingerprint density at radius 2 is 2.06 bits per heavy atom. The van der Waals surface area contributed by atoms with Gasteiger partial charge in [-0.2, -0.15) is 0 Å². The van der Waals surface area contributed by atoms with E-state index >= 15 is 0 Å². The Morgan fingerprint density at radius 1 is 1.44 bits per heavy atom. The summed E-state index contributed by atoms with van der Waals surface area (Å²) in [7, 11) is 0. The van der Waals surface area contributed by atoms with Gasteiger partial charge in [-0.25, -0.2) is 9.18 Å². The fourth-order valence-corrected chi connectivity index (χ4v) is 2.40. The zero-order valence-corrected chi connectivity index (χ0v) is 9.87. The Balaban J connectivity index is 2.40. The first-order valence-corrected chi connectivity index (χ1v) is 5.62. The smallest absolute Gasteiger partial charge is 0.333 e. The van der Waals surface area contributed by atoms with Crippen LogP contribution in [0.1, 0.15) is 18.4 Å². The monoisotopic (exact) mass is 288 g/mol. The molecule has 0 aliphatic heterocycles. The lowest BCUT2D eigenvalue weighted by atomic mass is 9.90. The molecule has 0 heterocycles. The summed E-state index contributed by atoms with van der Waals surface area (Å²) in [6.07, 6.45) is -0.339. The molecule has 0 bridgehead atoms. The van der Waals surface area contributed by atoms with E-state index in [1.54, 1.807) is 6.07 Å². The maximum atomic E-state index is 13.2. The summed E-state index contributed by atoms with van der Waals surface area (Å²) >= 11 is 3.15. The zero-order valence-electron chi connectivity index (χ0n) is 8.28. The van der Waals surface area contributed by atoms with Crippen molar-refractivity contribution in [1.82, 2.24) is 0 Å². The van der Waals surface area contributed by atoms with Gasteiger partial charge in [-0.3, -0.25) is 0 Å². The molecule has 1 fully saturated rings. The highest BCUT2D eigenvalue weighted by Gasteiger charge is 2.53. The van der Waals surface area contributed by atoms with Crippen LogP contribution in [0.3, 0.4) is 0 Å². The number of carboxylic acids is 1. The molecule has 2 rings (SSSR count). The van der Waals surface area contributed by atoms with Crippen LogP contribution in [0.5, 0.6) is 0 Å². The second-order valence-corrected chi connectivity index (χ2v) is 4.97. The summed E-state index contributed by atoms with van der Waals surface area (Å²) in [6, 6.07) is 4.24. The highest BCUT2D eigenvalue weighted by molar-refractivity contribution is 9.10. The van der Waals surface area contributed by atoms with Gasteiger partial charge in [0.1, 0.15) is 5.82 Å². The largest absolute Gasteiger partial charge is 0.479 e. The van der Waals surface area contributed by atoms with Crippen molar-refractivity contribution in [2.24, 2.45) is 0 Å². The van der Waals surface area contributed by atoms with Crippen LogP contribution in [0.25, 0.3) is 0 Å². The number of aliphatic carboxylic acids is 1. The van der Waals surface area contributed by atoms with Crippen molar-refractivity contribution in [3.63, 3.8) is 0 Å². The minimum absolute atomic E-state index is 0.437. The van der Waals surface area contributed by atoms with E-state index in [9.17, 15) is 14.3 Å². The summed E-state index contributed by atoms with van der Waals surface area (Å²) in [4.78, 5) is 10.8. The first kappa shape index (κ1) is 11.5. The molecule has 1 aliphatic rings. The topological polar surface area (TPSA) is 57.5 Å². The number of hydrogen-bond donors (Lipinski definition) is 2. The van der Waals surface area contributed by atoms with Crippen molar-refractivity contribution in [2.45, 2.75) is 24.4 Å². The van der Waals surface area contributed by atoms with Crippen LogP contribution < -0.4 is 0 Å². The van der Waals surface area contributed by atoms with Crippen molar-refractivity contribution in [2.75, 3.05) is 0 Å². The second-order valence-electron chi connectivity index (χ2n) is 4.06. The molecule has 0 amide bonds. The predicted octanol–water partition coefficient (Wildman–Crippen LogP) is 2.07. The molecule has 1 unspecified atom stereocenters. The Kier molecular flexibility index (Phi) is 2.75. The summed E-state index contributed by atoms with van der Waals surface area (Å²) in [5.41, 5.74) is -0.273. The van der Waals surface area contributed by atoms with Crippen LogP contribution in [0.2, 0.25) is 0 Å². The number of benzene rings is 1. The molecule has 16 heavy (non-hydrogen) atoms. The minimum Gasteiger partial charge on any atom is -0.479 e. The zero-order chi connectivity index (χ0) is 11.9.